The van der Waals surface area contributed by atoms with Crippen LogP contribution in [-0.2, 0) is 9.84 Å². The number of hydrogen-bond acceptors (Lipinski definition) is 6. The quantitative estimate of drug-likeness (QED) is 0.922. The van der Waals surface area contributed by atoms with Gasteiger partial charge in [0.15, 0.2) is 9.84 Å². The molecule has 0 radical (unpaired) electrons. The van der Waals surface area contributed by atoms with E-state index in [1.54, 1.807) is 6.92 Å². The summed E-state index contributed by atoms with van der Waals surface area (Å²) in [4.78, 5) is 2.58. The number of nitrogen functional groups attached to an aromatic ring is 1. The molecular weight excluding hydrogens is 306 g/mol. The summed E-state index contributed by atoms with van der Waals surface area (Å²) in [7, 11) is -3.43. The fourth-order valence-electron chi connectivity index (χ4n) is 2.60. The van der Waals surface area contributed by atoms with E-state index >= 15 is 0 Å². The minimum Gasteiger partial charge on any atom is -0.396 e. The van der Waals surface area contributed by atoms with Gasteiger partial charge in [-0.3, -0.25) is 0 Å². The molecular formula is C14H21N3O2S2. The lowest BCUT2D eigenvalue weighted by atomic mass is 10.1. The van der Waals surface area contributed by atoms with E-state index in [4.69, 9.17) is 11.0 Å². The van der Waals surface area contributed by atoms with Gasteiger partial charge in [-0.15, -0.1) is 11.3 Å². The molecule has 1 aromatic rings. The fraction of sp³-hybridized carbons (Fsp3) is 0.643. The summed E-state index contributed by atoms with van der Waals surface area (Å²) in [5, 5.41) is 9.82. The summed E-state index contributed by atoms with van der Waals surface area (Å²) >= 11 is 1.21. The molecule has 1 fully saturated rings. The van der Waals surface area contributed by atoms with Crippen LogP contribution in [0.2, 0.25) is 0 Å². The van der Waals surface area contributed by atoms with Crippen molar-refractivity contribution in [1.29, 1.82) is 5.26 Å². The average Bonchev–Trinajstić information content (AvgIpc) is 2.76. The van der Waals surface area contributed by atoms with Gasteiger partial charge in [0.1, 0.15) is 20.8 Å². The van der Waals surface area contributed by atoms with Crippen molar-refractivity contribution < 1.29 is 8.42 Å². The maximum absolute atomic E-state index is 12.4. The molecule has 0 atom stereocenters. The lowest BCUT2D eigenvalue weighted by Gasteiger charge is -2.26. The zero-order chi connectivity index (χ0) is 15.5. The first-order valence-corrected chi connectivity index (χ1v) is 9.78. The molecule has 0 saturated carbocycles. The van der Waals surface area contributed by atoms with Crippen molar-refractivity contribution in [2.24, 2.45) is 0 Å². The summed E-state index contributed by atoms with van der Waals surface area (Å²) in [5.74, 6) is -0.000355. The smallest absolute Gasteiger partial charge is 0.183 e. The Kier molecular flexibility index (Phi) is 5.12. The molecule has 0 bridgehead atoms. The Morgan fingerprint density at radius 3 is 2.33 bits per heavy atom. The highest BCUT2D eigenvalue weighted by Gasteiger charge is 2.29. The number of rotatable bonds is 3. The number of nitriles is 1. The average molecular weight is 327 g/mol. The zero-order valence-corrected chi connectivity index (χ0v) is 13.9. The van der Waals surface area contributed by atoms with Crippen LogP contribution in [0.5, 0.6) is 0 Å². The molecule has 1 aliphatic heterocycles. The van der Waals surface area contributed by atoms with Crippen LogP contribution in [0.15, 0.2) is 4.90 Å². The lowest BCUT2D eigenvalue weighted by molar-refractivity contribution is 0.555. The summed E-state index contributed by atoms with van der Waals surface area (Å²) in [5.41, 5.74) is 6.06. The van der Waals surface area contributed by atoms with E-state index in [9.17, 15) is 8.42 Å². The van der Waals surface area contributed by atoms with Crippen molar-refractivity contribution in [1.82, 2.24) is 0 Å². The van der Waals surface area contributed by atoms with Gasteiger partial charge in [-0.05, 0) is 12.8 Å². The monoisotopic (exact) mass is 327 g/mol. The Labute approximate surface area is 130 Å². The first kappa shape index (κ1) is 16.1. The van der Waals surface area contributed by atoms with Gasteiger partial charge >= 0.3 is 0 Å². The van der Waals surface area contributed by atoms with Crippen molar-refractivity contribution in [3.05, 3.63) is 4.88 Å². The molecule has 116 valence electrons. The van der Waals surface area contributed by atoms with Crippen molar-refractivity contribution in [2.75, 3.05) is 29.5 Å². The van der Waals surface area contributed by atoms with E-state index < -0.39 is 9.84 Å². The van der Waals surface area contributed by atoms with Crippen LogP contribution >= 0.6 is 11.3 Å². The van der Waals surface area contributed by atoms with Gasteiger partial charge in [0.05, 0.1) is 11.4 Å². The van der Waals surface area contributed by atoms with Crippen LogP contribution in [0.4, 0.5) is 10.7 Å². The van der Waals surface area contributed by atoms with Gasteiger partial charge in [0, 0.05) is 13.1 Å². The first-order valence-electron chi connectivity index (χ1n) is 7.31. The summed E-state index contributed by atoms with van der Waals surface area (Å²) in [6.07, 6.45) is 5.66. The molecule has 1 aliphatic rings. The van der Waals surface area contributed by atoms with Crippen molar-refractivity contribution >= 4 is 31.9 Å². The Morgan fingerprint density at radius 2 is 1.81 bits per heavy atom. The van der Waals surface area contributed by atoms with Gasteiger partial charge in [0.2, 0.25) is 0 Å². The Balaban J connectivity index is 2.49. The summed E-state index contributed by atoms with van der Waals surface area (Å²) < 4.78 is 24.7. The highest BCUT2D eigenvalue weighted by molar-refractivity contribution is 7.91. The molecule has 2 heterocycles. The molecule has 1 saturated heterocycles. The number of sulfone groups is 1. The van der Waals surface area contributed by atoms with Gasteiger partial charge in [-0.25, -0.2) is 8.42 Å². The van der Waals surface area contributed by atoms with E-state index in [0.717, 1.165) is 25.9 Å². The number of nitrogens with zero attached hydrogens (tertiary/aromatic N) is 2. The number of anilines is 2. The molecule has 0 aliphatic carbocycles. The highest BCUT2D eigenvalue weighted by atomic mass is 32.2. The minimum atomic E-state index is -3.43. The van der Waals surface area contributed by atoms with Crippen LogP contribution < -0.4 is 10.6 Å². The van der Waals surface area contributed by atoms with E-state index in [1.165, 1.54) is 30.6 Å². The van der Waals surface area contributed by atoms with Crippen molar-refractivity contribution in [3.63, 3.8) is 0 Å². The molecule has 0 amide bonds. The van der Waals surface area contributed by atoms with E-state index in [-0.39, 0.29) is 16.3 Å². The van der Waals surface area contributed by atoms with Gasteiger partial charge in [0.25, 0.3) is 0 Å². The normalized spacial score (nSPS) is 17.0. The minimum absolute atomic E-state index is 0.000355. The Bertz CT molecular complexity index is 636. The van der Waals surface area contributed by atoms with Crippen LogP contribution in [0.25, 0.3) is 0 Å². The van der Waals surface area contributed by atoms with Gasteiger partial charge in [-0.2, -0.15) is 5.26 Å². The summed E-state index contributed by atoms with van der Waals surface area (Å²) in [6, 6.07) is 2.02. The first-order chi connectivity index (χ1) is 10.0. The molecule has 21 heavy (non-hydrogen) atoms. The zero-order valence-electron chi connectivity index (χ0n) is 12.3. The number of thiophene rings is 1. The third-order valence-corrected chi connectivity index (χ3v) is 6.91. The third-order valence-electron chi connectivity index (χ3n) is 3.82. The van der Waals surface area contributed by atoms with E-state index in [2.05, 4.69) is 4.90 Å². The largest absolute Gasteiger partial charge is 0.396 e. The topological polar surface area (TPSA) is 87.2 Å². The van der Waals surface area contributed by atoms with E-state index in [0.29, 0.717) is 9.88 Å². The maximum Gasteiger partial charge on any atom is 0.183 e. The number of hydrogen-bond donors (Lipinski definition) is 1. The third kappa shape index (κ3) is 3.33. The second kappa shape index (κ2) is 6.67. The fourth-order valence-corrected chi connectivity index (χ4v) is 5.26. The Morgan fingerprint density at radius 1 is 1.24 bits per heavy atom. The highest BCUT2D eigenvalue weighted by Crippen LogP contribution is 2.42. The maximum atomic E-state index is 12.4. The van der Waals surface area contributed by atoms with Crippen LogP contribution in [0, 0.1) is 11.3 Å². The van der Waals surface area contributed by atoms with Crippen molar-refractivity contribution in [2.45, 2.75) is 43.9 Å². The Hall–Kier alpha value is -1.26. The second-order valence-electron chi connectivity index (χ2n) is 5.25. The molecule has 2 rings (SSSR count). The van der Waals surface area contributed by atoms with Crippen molar-refractivity contribution in [3.8, 4) is 6.07 Å². The molecule has 0 aromatic carbocycles. The summed E-state index contributed by atoms with van der Waals surface area (Å²) in [6.45, 7) is 3.27. The standard InChI is InChI=1S/C14H21N3O2S2/c1-2-21(18,19)13-12(16)11(10-15)20-14(13)17-8-6-4-3-5-7-9-17/h2-9,16H2,1H3. The molecule has 7 heteroatoms. The predicted octanol–water partition coefficient (Wildman–Crippen LogP) is 2.77. The van der Waals surface area contributed by atoms with Gasteiger partial charge < -0.3 is 10.6 Å². The van der Waals surface area contributed by atoms with Gasteiger partial charge in [-0.1, -0.05) is 26.2 Å². The molecule has 5 nitrogen and oxygen atoms in total. The van der Waals surface area contributed by atoms with Crippen LogP contribution in [-0.4, -0.2) is 27.3 Å². The molecule has 0 spiro atoms. The SMILES string of the molecule is CCS(=O)(=O)c1c(N2CCCCCCC2)sc(C#N)c1N. The molecule has 0 unspecified atom stereocenters. The second-order valence-corrected chi connectivity index (χ2v) is 8.46. The van der Waals surface area contributed by atoms with Crippen LogP contribution in [0.3, 0.4) is 0 Å². The lowest BCUT2D eigenvalue weighted by Crippen LogP contribution is -2.27. The predicted molar refractivity (Wildman–Crippen MR) is 86.5 cm³/mol. The molecule has 2 N–H and O–H groups in total. The number of nitrogens with two attached hydrogens (primary N) is 1. The molecule has 1 aromatic heterocycles. The van der Waals surface area contributed by atoms with Crippen LogP contribution in [0.1, 0.15) is 43.9 Å². The van der Waals surface area contributed by atoms with E-state index in [1.807, 2.05) is 6.07 Å².